The number of nitrogens with zero attached hydrogens (tertiary/aromatic N) is 5. The normalized spacial score (nSPS) is 11.1. The lowest BCUT2D eigenvalue weighted by atomic mass is 10.2. The third kappa shape index (κ3) is 2.14. The molecule has 3 aromatic heterocycles. The van der Waals surface area contributed by atoms with Gasteiger partial charge in [0.2, 0.25) is 0 Å². The van der Waals surface area contributed by atoms with Gasteiger partial charge in [-0.2, -0.15) is 10.2 Å². The van der Waals surface area contributed by atoms with Crippen LogP contribution in [0.1, 0.15) is 34.2 Å². The van der Waals surface area contributed by atoms with Gasteiger partial charge in [0.25, 0.3) is 5.91 Å². The summed E-state index contributed by atoms with van der Waals surface area (Å²) in [6, 6.07) is 1.80. The van der Waals surface area contributed by atoms with Crippen LogP contribution in [0.3, 0.4) is 0 Å². The quantitative estimate of drug-likeness (QED) is 0.801. The maximum atomic E-state index is 12.6. The SMILES string of the molecule is CCc1c(C)nn(C)c1NC(=O)c1cnc2ccnn2c1C. The monoisotopic (exact) mass is 298 g/mol. The van der Waals surface area contributed by atoms with Gasteiger partial charge in [0, 0.05) is 24.9 Å². The van der Waals surface area contributed by atoms with E-state index in [4.69, 9.17) is 0 Å². The van der Waals surface area contributed by atoms with Crippen LogP contribution in [0.15, 0.2) is 18.5 Å². The van der Waals surface area contributed by atoms with Crippen molar-refractivity contribution < 1.29 is 4.79 Å². The molecule has 7 nitrogen and oxygen atoms in total. The van der Waals surface area contributed by atoms with Gasteiger partial charge in [-0.15, -0.1) is 0 Å². The van der Waals surface area contributed by atoms with E-state index >= 15 is 0 Å². The van der Waals surface area contributed by atoms with Gasteiger partial charge in [0.15, 0.2) is 5.65 Å². The van der Waals surface area contributed by atoms with E-state index in [1.165, 1.54) is 0 Å². The second kappa shape index (κ2) is 5.25. The largest absolute Gasteiger partial charge is 0.306 e. The van der Waals surface area contributed by atoms with Crippen LogP contribution >= 0.6 is 0 Å². The Balaban J connectivity index is 1.99. The molecule has 0 aliphatic rings. The molecule has 7 heteroatoms. The molecular formula is C15H18N6O. The second-order valence-corrected chi connectivity index (χ2v) is 5.20. The smallest absolute Gasteiger partial charge is 0.260 e. The van der Waals surface area contributed by atoms with E-state index in [2.05, 4.69) is 20.5 Å². The Bertz CT molecular complexity index is 860. The lowest BCUT2D eigenvalue weighted by Gasteiger charge is -2.10. The lowest BCUT2D eigenvalue weighted by molar-refractivity contribution is 0.102. The number of fused-ring (bicyclic) bond motifs is 1. The van der Waals surface area contributed by atoms with Gasteiger partial charge in [-0.05, 0) is 20.3 Å². The maximum Gasteiger partial charge on any atom is 0.260 e. The van der Waals surface area contributed by atoms with E-state index in [1.54, 1.807) is 27.7 Å². The van der Waals surface area contributed by atoms with Crippen LogP contribution in [0, 0.1) is 13.8 Å². The Hall–Kier alpha value is -2.70. The van der Waals surface area contributed by atoms with Gasteiger partial charge >= 0.3 is 0 Å². The van der Waals surface area contributed by atoms with Crippen molar-refractivity contribution in [2.75, 3.05) is 5.32 Å². The molecule has 3 rings (SSSR count). The van der Waals surface area contributed by atoms with Crippen molar-refractivity contribution in [3.8, 4) is 0 Å². The van der Waals surface area contributed by atoms with E-state index in [-0.39, 0.29) is 5.91 Å². The van der Waals surface area contributed by atoms with E-state index in [9.17, 15) is 4.79 Å². The number of hydrogen-bond acceptors (Lipinski definition) is 4. The maximum absolute atomic E-state index is 12.6. The summed E-state index contributed by atoms with van der Waals surface area (Å²) in [5.41, 5.74) is 3.94. The van der Waals surface area contributed by atoms with Gasteiger partial charge in [0.1, 0.15) is 5.82 Å². The van der Waals surface area contributed by atoms with Crippen molar-refractivity contribution in [1.29, 1.82) is 0 Å². The average molecular weight is 298 g/mol. The second-order valence-electron chi connectivity index (χ2n) is 5.20. The highest BCUT2D eigenvalue weighted by Gasteiger charge is 2.18. The number of hydrogen-bond donors (Lipinski definition) is 1. The van der Waals surface area contributed by atoms with Gasteiger partial charge in [0.05, 0.1) is 23.1 Å². The minimum absolute atomic E-state index is 0.208. The van der Waals surface area contributed by atoms with Crippen LogP contribution in [0.2, 0.25) is 0 Å². The minimum atomic E-state index is -0.208. The third-order valence-corrected chi connectivity index (χ3v) is 3.83. The zero-order valence-corrected chi connectivity index (χ0v) is 13.1. The standard InChI is InChI=1S/C15H18N6O/c1-5-11-9(2)19-20(4)14(11)18-15(22)12-8-16-13-6-7-17-21(13)10(12)3/h6-8H,5H2,1-4H3,(H,18,22). The molecule has 1 amide bonds. The Morgan fingerprint density at radius 2 is 2.14 bits per heavy atom. The first-order valence-corrected chi connectivity index (χ1v) is 7.16. The number of rotatable bonds is 3. The molecule has 3 aromatic rings. The fourth-order valence-corrected chi connectivity index (χ4v) is 2.67. The van der Waals surface area contributed by atoms with Crippen LogP contribution in [0.5, 0.6) is 0 Å². The molecule has 0 saturated heterocycles. The number of amides is 1. The molecule has 22 heavy (non-hydrogen) atoms. The predicted octanol–water partition coefficient (Wildman–Crippen LogP) is 1.89. The molecule has 0 aliphatic carbocycles. The van der Waals surface area contributed by atoms with Crippen LogP contribution in [-0.2, 0) is 13.5 Å². The van der Waals surface area contributed by atoms with Crippen LogP contribution < -0.4 is 5.32 Å². The molecule has 3 heterocycles. The molecule has 0 aromatic carbocycles. The molecule has 0 atom stereocenters. The summed E-state index contributed by atoms with van der Waals surface area (Å²) in [7, 11) is 1.82. The summed E-state index contributed by atoms with van der Waals surface area (Å²) in [5, 5.41) is 11.5. The molecule has 0 fully saturated rings. The molecule has 0 saturated carbocycles. The van der Waals surface area contributed by atoms with E-state index < -0.39 is 0 Å². The zero-order chi connectivity index (χ0) is 15.9. The average Bonchev–Trinajstić information content (AvgIpc) is 3.05. The fourth-order valence-electron chi connectivity index (χ4n) is 2.67. The first kappa shape index (κ1) is 14.2. The van der Waals surface area contributed by atoms with Gasteiger partial charge in [-0.3, -0.25) is 9.48 Å². The summed E-state index contributed by atoms with van der Waals surface area (Å²) in [6.45, 7) is 5.84. The number of nitrogens with one attached hydrogen (secondary N) is 1. The predicted molar refractivity (Wildman–Crippen MR) is 83.0 cm³/mol. The zero-order valence-electron chi connectivity index (χ0n) is 13.1. The molecular weight excluding hydrogens is 280 g/mol. The summed E-state index contributed by atoms with van der Waals surface area (Å²) >= 11 is 0. The number of aryl methyl sites for hydroxylation is 3. The Kier molecular flexibility index (Phi) is 3.40. The highest BCUT2D eigenvalue weighted by molar-refractivity contribution is 6.04. The molecule has 0 unspecified atom stereocenters. The molecule has 0 spiro atoms. The minimum Gasteiger partial charge on any atom is -0.306 e. The molecule has 0 radical (unpaired) electrons. The van der Waals surface area contributed by atoms with Crippen molar-refractivity contribution in [3.63, 3.8) is 0 Å². The van der Waals surface area contributed by atoms with E-state index in [1.807, 2.05) is 27.8 Å². The third-order valence-electron chi connectivity index (χ3n) is 3.83. The topological polar surface area (TPSA) is 77.1 Å². The van der Waals surface area contributed by atoms with Crippen molar-refractivity contribution in [2.45, 2.75) is 27.2 Å². The first-order valence-electron chi connectivity index (χ1n) is 7.16. The van der Waals surface area contributed by atoms with E-state index in [0.29, 0.717) is 5.56 Å². The van der Waals surface area contributed by atoms with Crippen molar-refractivity contribution >= 4 is 17.4 Å². The summed E-state index contributed by atoms with van der Waals surface area (Å²) < 4.78 is 3.35. The summed E-state index contributed by atoms with van der Waals surface area (Å²) in [6.07, 6.45) is 4.05. The lowest BCUT2D eigenvalue weighted by Crippen LogP contribution is -2.18. The van der Waals surface area contributed by atoms with Gasteiger partial charge < -0.3 is 5.32 Å². The van der Waals surface area contributed by atoms with Crippen molar-refractivity contribution in [1.82, 2.24) is 24.4 Å². The van der Waals surface area contributed by atoms with Gasteiger partial charge in [-0.25, -0.2) is 9.50 Å². The van der Waals surface area contributed by atoms with Crippen molar-refractivity contribution in [2.24, 2.45) is 7.05 Å². The van der Waals surface area contributed by atoms with Crippen LogP contribution in [0.4, 0.5) is 5.82 Å². The van der Waals surface area contributed by atoms with Crippen molar-refractivity contribution in [3.05, 3.63) is 41.0 Å². The number of carbonyl (C=O) groups is 1. The molecule has 1 N–H and O–H groups in total. The van der Waals surface area contributed by atoms with Gasteiger partial charge in [-0.1, -0.05) is 6.92 Å². The number of aromatic nitrogens is 5. The summed E-state index contributed by atoms with van der Waals surface area (Å²) in [5.74, 6) is 0.519. The van der Waals surface area contributed by atoms with Crippen LogP contribution in [-0.4, -0.2) is 30.3 Å². The Labute approximate surface area is 128 Å². The number of carbonyl (C=O) groups excluding carboxylic acids is 1. The molecule has 114 valence electrons. The highest BCUT2D eigenvalue weighted by atomic mass is 16.1. The fraction of sp³-hybridized carbons (Fsp3) is 0.333. The Morgan fingerprint density at radius 3 is 2.86 bits per heavy atom. The number of anilines is 1. The summed E-state index contributed by atoms with van der Waals surface area (Å²) in [4.78, 5) is 16.8. The van der Waals surface area contributed by atoms with Crippen LogP contribution in [0.25, 0.3) is 5.65 Å². The molecule has 0 bridgehead atoms. The molecule has 0 aliphatic heterocycles. The first-order chi connectivity index (χ1) is 10.5. The Morgan fingerprint density at radius 1 is 1.36 bits per heavy atom. The van der Waals surface area contributed by atoms with E-state index in [0.717, 1.165) is 34.8 Å². The highest BCUT2D eigenvalue weighted by Crippen LogP contribution is 2.20.